The fourth-order valence-corrected chi connectivity index (χ4v) is 3.25. The molecule has 0 heterocycles. The van der Waals surface area contributed by atoms with Crippen LogP contribution in [0.4, 0.5) is 0 Å². The third kappa shape index (κ3) is 2.18. The molecule has 2 aliphatic carbocycles. The Hall–Kier alpha value is -0.340. The van der Waals surface area contributed by atoms with Crippen LogP contribution in [0.3, 0.4) is 0 Å². The lowest BCUT2D eigenvalue weighted by Crippen LogP contribution is -2.41. The molecule has 2 aliphatic rings. The lowest BCUT2D eigenvalue weighted by molar-refractivity contribution is -0.00436. The van der Waals surface area contributed by atoms with Gasteiger partial charge in [-0.2, -0.15) is 0 Å². The van der Waals surface area contributed by atoms with E-state index >= 15 is 0 Å². The highest BCUT2D eigenvalue weighted by molar-refractivity contribution is 5.23. The first-order valence-electron chi connectivity index (χ1n) is 6.50. The minimum absolute atomic E-state index is 0.239. The van der Waals surface area contributed by atoms with Crippen LogP contribution in [-0.2, 0) is 0 Å². The monoisotopic (exact) mass is 223 g/mol. The first kappa shape index (κ1) is 12.1. The molecule has 0 amide bonds. The van der Waals surface area contributed by atoms with Gasteiger partial charge in [0.15, 0.2) is 0 Å². The largest absolute Gasteiger partial charge is 0.390 e. The van der Waals surface area contributed by atoms with Gasteiger partial charge in [-0.25, -0.2) is 0 Å². The minimum Gasteiger partial charge on any atom is -0.390 e. The summed E-state index contributed by atoms with van der Waals surface area (Å²) in [6.45, 7) is 6.23. The maximum Gasteiger partial charge on any atom is 0.0622 e. The molecular weight excluding hydrogens is 198 g/mol. The third-order valence-electron chi connectivity index (χ3n) is 4.73. The Balaban J connectivity index is 2.19. The van der Waals surface area contributed by atoms with E-state index in [9.17, 15) is 5.11 Å². The maximum absolute atomic E-state index is 10.1. The highest BCUT2D eigenvalue weighted by atomic mass is 16.3. The molecular formula is C14H25NO. The molecule has 0 spiro atoms. The van der Waals surface area contributed by atoms with Gasteiger partial charge in [0.25, 0.3) is 0 Å². The van der Waals surface area contributed by atoms with E-state index in [4.69, 9.17) is 5.73 Å². The van der Waals surface area contributed by atoms with Crippen LogP contribution in [0.15, 0.2) is 11.6 Å². The van der Waals surface area contributed by atoms with Gasteiger partial charge in [0.2, 0.25) is 0 Å². The molecule has 16 heavy (non-hydrogen) atoms. The summed E-state index contributed by atoms with van der Waals surface area (Å²) in [6, 6.07) is 0.239. The summed E-state index contributed by atoms with van der Waals surface area (Å²) in [5, 5.41) is 10.1. The van der Waals surface area contributed by atoms with Crippen molar-refractivity contribution in [3.63, 3.8) is 0 Å². The van der Waals surface area contributed by atoms with Gasteiger partial charge >= 0.3 is 0 Å². The van der Waals surface area contributed by atoms with Crippen LogP contribution < -0.4 is 5.73 Å². The van der Waals surface area contributed by atoms with E-state index in [1.807, 2.05) is 13.8 Å². The third-order valence-corrected chi connectivity index (χ3v) is 4.73. The number of nitrogens with two attached hydrogens (primary N) is 1. The van der Waals surface area contributed by atoms with Crippen molar-refractivity contribution in [3.8, 4) is 0 Å². The molecule has 2 heteroatoms. The first-order chi connectivity index (χ1) is 7.31. The molecule has 0 aromatic rings. The summed E-state index contributed by atoms with van der Waals surface area (Å²) >= 11 is 0. The average molecular weight is 223 g/mol. The molecule has 2 rings (SSSR count). The Kier molecular flexibility index (Phi) is 2.92. The van der Waals surface area contributed by atoms with Gasteiger partial charge in [0.05, 0.1) is 5.60 Å². The highest BCUT2D eigenvalue weighted by Gasteiger charge is 2.41. The number of hydrogen-bond donors (Lipinski definition) is 2. The number of rotatable bonds is 1. The second-order valence-electron chi connectivity index (χ2n) is 6.55. The van der Waals surface area contributed by atoms with Crippen molar-refractivity contribution in [1.29, 1.82) is 0 Å². The second kappa shape index (κ2) is 3.85. The molecule has 0 radical (unpaired) electrons. The van der Waals surface area contributed by atoms with E-state index in [1.165, 1.54) is 18.4 Å². The Morgan fingerprint density at radius 3 is 2.62 bits per heavy atom. The van der Waals surface area contributed by atoms with Crippen LogP contribution in [0, 0.1) is 11.3 Å². The molecule has 3 unspecified atom stereocenters. The van der Waals surface area contributed by atoms with Gasteiger partial charge < -0.3 is 10.8 Å². The van der Waals surface area contributed by atoms with Crippen LogP contribution in [0.1, 0.15) is 52.9 Å². The molecule has 0 aromatic heterocycles. The summed E-state index contributed by atoms with van der Waals surface area (Å²) in [7, 11) is 0. The minimum atomic E-state index is -0.552. The van der Waals surface area contributed by atoms with Crippen LogP contribution in [0.25, 0.3) is 0 Å². The number of aliphatic hydroxyl groups is 1. The molecule has 2 nitrogen and oxygen atoms in total. The number of hydrogen-bond acceptors (Lipinski definition) is 2. The zero-order valence-electron chi connectivity index (χ0n) is 10.8. The summed E-state index contributed by atoms with van der Waals surface area (Å²) in [4.78, 5) is 0. The van der Waals surface area contributed by atoms with Gasteiger partial charge in [0, 0.05) is 6.04 Å². The topological polar surface area (TPSA) is 46.2 Å². The first-order valence-corrected chi connectivity index (χ1v) is 6.50. The zero-order chi connectivity index (χ0) is 12.0. The number of fused-ring (bicyclic) bond motifs is 1. The van der Waals surface area contributed by atoms with E-state index in [-0.39, 0.29) is 6.04 Å². The van der Waals surface area contributed by atoms with Gasteiger partial charge in [0.1, 0.15) is 0 Å². The molecule has 3 N–H and O–H groups in total. The van der Waals surface area contributed by atoms with E-state index in [0.29, 0.717) is 11.3 Å². The van der Waals surface area contributed by atoms with Crippen molar-refractivity contribution < 1.29 is 5.11 Å². The fourth-order valence-electron chi connectivity index (χ4n) is 3.25. The van der Waals surface area contributed by atoms with Crippen molar-refractivity contribution in [2.75, 3.05) is 0 Å². The van der Waals surface area contributed by atoms with E-state index in [0.717, 1.165) is 19.3 Å². The van der Waals surface area contributed by atoms with Crippen molar-refractivity contribution >= 4 is 0 Å². The van der Waals surface area contributed by atoms with Crippen LogP contribution in [-0.4, -0.2) is 16.7 Å². The standard InChI is InChI=1S/C14H25NO/c1-13(2,16)10-4-6-14(3)7-5-12(15)9-11(14)8-10/h9-10,12,16H,4-8,15H2,1-3H3. The Morgan fingerprint density at radius 1 is 1.38 bits per heavy atom. The molecule has 0 saturated heterocycles. The van der Waals surface area contributed by atoms with Crippen molar-refractivity contribution in [2.24, 2.45) is 17.1 Å². The van der Waals surface area contributed by atoms with E-state index in [2.05, 4.69) is 13.0 Å². The lowest BCUT2D eigenvalue weighted by Gasteiger charge is -2.46. The van der Waals surface area contributed by atoms with Crippen molar-refractivity contribution in [1.82, 2.24) is 0 Å². The fraction of sp³-hybridized carbons (Fsp3) is 0.857. The molecule has 0 aromatic carbocycles. The molecule has 0 bridgehead atoms. The Morgan fingerprint density at radius 2 is 2.00 bits per heavy atom. The molecule has 92 valence electrons. The van der Waals surface area contributed by atoms with Crippen LogP contribution >= 0.6 is 0 Å². The van der Waals surface area contributed by atoms with Gasteiger partial charge in [-0.15, -0.1) is 0 Å². The van der Waals surface area contributed by atoms with E-state index in [1.54, 1.807) is 0 Å². The van der Waals surface area contributed by atoms with E-state index < -0.39 is 5.60 Å². The quantitative estimate of drug-likeness (QED) is 0.671. The van der Waals surface area contributed by atoms with Crippen molar-refractivity contribution in [3.05, 3.63) is 11.6 Å². The predicted octanol–water partition coefficient (Wildman–Crippen LogP) is 2.61. The van der Waals surface area contributed by atoms with Crippen LogP contribution in [0.5, 0.6) is 0 Å². The van der Waals surface area contributed by atoms with Gasteiger partial charge in [-0.05, 0) is 57.3 Å². The Labute approximate surface area is 98.9 Å². The SMILES string of the molecule is CC12CCC(N)C=C1CC(C(C)(C)O)CC2. The molecule has 3 atom stereocenters. The average Bonchev–Trinajstić information content (AvgIpc) is 2.16. The van der Waals surface area contributed by atoms with Gasteiger partial charge in [-0.3, -0.25) is 0 Å². The maximum atomic E-state index is 10.1. The molecule has 1 saturated carbocycles. The lowest BCUT2D eigenvalue weighted by atomic mass is 9.61. The summed E-state index contributed by atoms with van der Waals surface area (Å²) < 4.78 is 0. The van der Waals surface area contributed by atoms with Crippen LogP contribution in [0.2, 0.25) is 0 Å². The zero-order valence-corrected chi connectivity index (χ0v) is 10.8. The second-order valence-corrected chi connectivity index (χ2v) is 6.55. The van der Waals surface area contributed by atoms with Crippen molar-refractivity contribution in [2.45, 2.75) is 64.5 Å². The van der Waals surface area contributed by atoms with Gasteiger partial charge in [-0.1, -0.05) is 18.6 Å². The number of allylic oxidation sites excluding steroid dienone is 1. The highest BCUT2D eigenvalue weighted by Crippen LogP contribution is 2.50. The summed E-state index contributed by atoms with van der Waals surface area (Å²) in [5.41, 5.74) is 7.34. The summed E-state index contributed by atoms with van der Waals surface area (Å²) in [6.07, 6.45) is 7.99. The molecule has 0 aliphatic heterocycles. The normalized spacial score (nSPS) is 40.2. The predicted molar refractivity (Wildman–Crippen MR) is 67.0 cm³/mol. The molecule has 1 fully saturated rings. The smallest absolute Gasteiger partial charge is 0.0622 e. The Bertz CT molecular complexity index is 302. The summed E-state index contributed by atoms with van der Waals surface area (Å²) in [5.74, 6) is 0.400.